The number of carbonyl (C=O) groups excluding carboxylic acids is 1. The molecule has 0 saturated carbocycles. The number of hydrogen-bond donors (Lipinski definition) is 0. The van der Waals surface area contributed by atoms with Gasteiger partial charge in [0.15, 0.2) is 5.65 Å². The summed E-state index contributed by atoms with van der Waals surface area (Å²) in [4.78, 5) is 31.5. The molecule has 0 atom stereocenters. The lowest BCUT2D eigenvalue weighted by atomic mass is 10.1. The number of aromatic nitrogens is 4. The summed E-state index contributed by atoms with van der Waals surface area (Å²) in [7, 11) is 0. The van der Waals surface area contributed by atoms with Gasteiger partial charge in [-0.05, 0) is 31.0 Å². The van der Waals surface area contributed by atoms with E-state index in [2.05, 4.69) is 10.1 Å². The van der Waals surface area contributed by atoms with Gasteiger partial charge in [-0.2, -0.15) is 18.3 Å². The summed E-state index contributed by atoms with van der Waals surface area (Å²) in [6.45, 7) is 1.23. The first kappa shape index (κ1) is 21.1. The third kappa shape index (κ3) is 4.47. The van der Waals surface area contributed by atoms with Crippen molar-refractivity contribution in [2.45, 2.75) is 44.8 Å². The van der Waals surface area contributed by atoms with Crippen LogP contribution < -0.4 is 5.56 Å². The van der Waals surface area contributed by atoms with Crippen molar-refractivity contribution in [3.8, 4) is 5.69 Å². The number of nitrogens with zero attached hydrogens (tertiary/aromatic N) is 5. The van der Waals surface area contributed by atoms with E-state index >= 15 is 0 Å². The molecule has 0 radical (unpaired) electrons. The van der Waals surface area contributed by atoms with Gasteiger partial charge in [0.25, 0.3) is 5.56 Å². The van der Waals surface area contributed by atoms with E-state index in [9.17, 15) is 22.8 Å². The van der Waals surface area contributed by atoms with Gasteiger partial charge in [-0.15, -0.1) is 0 Å². The van der Waals surface area contributed by atoms with Gasteiger partial charge in [-0.3, -0.25) is 14.2 Å². The van der Waals surface area contributed by atoms with E-state index in [1.165, 1.54) is 40.3 Å². The summed E-state index contributed by atoms with van der Waals surface area (Å²) in [5.41, 5.74) is -0.991. The molecule has 7 nitrogen and oxygen atoms in total. The number of likely N-dealkylation sites (tertiary alicyclic amines) is 1. The number of alkyl halides is 3. The Morgan fingerprint density at radius 1 is 1.06 bits per heavy atom. The predicted molar refractivity (Wildman–Crippen MR) is 108 cm³/mol. The van der Waals surface area contributed by atoms with Crippen molar-refractivity contribution < 1.29 is 18.0 Å². The van der Waals surface area contributed by atoms with Crippen LogP contribution in [0.4, 0.5) is 13.2 Å². The van der Waals surface area contributed by atoms with E-state index < -0.39 is 17.3 Å². The van der Waals surface area contributed by atoms with Gasteiger partial charge >= 0.3 is 6.18 Å². The van der Waals surface area contributed by atoms with Crippen LogP contribution >= 0.6 is 0 Å². The molecule has 3 heterocycles. The Morgan fingerprint density at radius 2 is 1.77 bits per heavy atom. The average Bonchev–Trinajstić information content (AvgIpc) is 3.14. The lowest BCUT2D eigenvalue weighted by molar-refractivity contribution is -0.137. The Labute approximate surface area is 176 Å². The van der Waals surface area contributed by atoms with Crippen LogP contribution in [-0.2, 0) is 17.5 Å². The number of rotatable bonds is 3. The molecule has 10 heteroatoms. The molecule has 1 aliphatic rings. The molecule has 0 spiro atoms. The third-order valence-electron chi connectivity index (χ3n) is 5.49. The fraction of sp³-hybridized carbons (Fsp3) is 0.429. The van der Waals surface area contributed by atoms with E-state index in [-0.39, 0.29) is 29.2 Å². The number of amides is 1. The van der Waals surface area contributed by atoms with Crippen LogP contribution in [0.15, 0.2) is 41.6 Å². The molecule has 0 unspecified atom stereocenters. The Hall–Kier alpha value is -3.17. The van der Waals surface area contributed by atoms with Gasteiger partial charge < -0.3 is 4.90 Å². The smallest absolute Gasteiger partial charge is 0.341 e. The molecule has 0 aliphatic carbocycles. The normalized spacial score (nSPS) is 15.6. The van der Waals surface area contributed by atoms with Crippen molar-refractivity contribution in [2.75, 3.05) is 13.1 Å². The standard InChI is InChI=1S/C21H22F3N5O2/c22-21(23,24)15-7-6-8-16(11-15)29-19-17(12-26-29)20(31)28(14-25-19)13-18(30)27-9-4-2-1-3-5-10-27/h6-8,11-12,14H,1-5,9-10,13H2. The number of halogens is 3. The highest BCUT2D eigenvalue weighted by molar-refractivity contribution is 5.78. The molecule has 1 amide bonds. The van der Waals surface area contributed by atoms with Gasteiger partial charge in [-0.25, -0.2) is 9.67 Å². The number of fused-ring (bicyclic) bond motifs is 1. The number of benzene rings is 1. The van der Waals surface area contributed by atoms with Crippen LogP contribution in [0.1, 0.15) is 37.7 Å². The lowest BCUT2D eigenvalue weighted by Crippen LogP contribution is -2.38. The largest absolute Gasteiger partial charge is 0.416 e. The lowest BCUT2D eigenvalue weighted by Gasteiger charge is -2.25. The maximum atomic E-state index is 13.0. The van der Waals surface area contributed by atoms with Crippen molar-refractivity contribution in [3.05, 3.63) is 52.7 Å². The Bertz CT molecular complexity index is 1140. The summed E-state index contributed by atoms with van der Waals surface area (Å²) >= 11 is 0. The zero-order valence-corrected chi connectivity index (χ0v) is 16.8. The minimum absolute atomic E-state index is 0.128. The third-order valence-corrected chi connectivity index (χ3v) is 5.49. The predicted octanol–water partition coefficient (Wildman–Crippen LogP) is 3.39. The Morgan fingerprint density at radius 3 is 2.48 bits per heavy atom. The Kier molecular flexibility index (Phi) is 5.79. The van der Waals surface area contributed by atoms with E-state index in [1.807, 2.05) is 0 Å². The van der Waals surface area contributed by atoms with Crippen molar-refractivity contribution >= 4 is 16.9 Å². The Balaban J connectivity index is 1.61. The van der Waals surface area contributed by atoms with Crippen LogP contribution in [0.5, 0.6) is 0 Å². The number of hydrogen-bond acceptors (Lipinski definition) is 4. The first-order chi connectivity index (χ1) is 14.8. The zero-order chi connectivity index (χ0) is 22.0. The zero-order valence-electron chi connectivity index (χ0n) is 16.8. The van der Waals surface area contributed by atoms with Gasteiger partial charge in [0, 0.05) is 13.1 Å². The molecule has 1 saturated heterocycles. The summed E-state index contributed by atoms with van der Waals surface area (Å²) in [6, 6.07) is 4.65. The topological polar surface area (TPSA) is 73.0 Å². The highest BCUT2D eigenvalue weighted by Crippen LogP contribution is 2.30. The molecule has 0 N–H and O–H groups in total. The maximum absolute atomic E-state index is 13.0. The molecule has 0 bridgehead atoms. The molecular weight excluding hydrogens is 411 g/mol. The van der Waals surface area contributed by atoms with Crippen LogP contribution in [0.3, 0.4) is 0 Å². The summed E-state index contributed by atoms with van der Waals surface area (Å²) in [6.07, 6.45) is 3.27. The molecule has 1 fully saturated rings. The van der Waals surface area contributed by atoms with E-state index in [0.29, 0.717) is 13.1 Å². The van der Waals surface area contributed by atoms with Crippen molar-refractivity contribution in [1.29, 1.82) is 0 Å². The second-order valence-corrected chi connectivity index (χ2v) is 7.67. The highest BCUT2D eigenvalue weighted by atomic mass is 19.4. The minimum atomic E-state index is -4.49. The first-order valence-corrected chi connectivity index (χ1v) is 10.2. The van der Waals surface area contributed by atoms with Crippen molar-refractivity contribution in [3.63, 3.8) is 0 Å². The summed E-state index contributed by atoms with van der Waals surface area (Å²) < 4.78 is 41.5. The minimum Gasteiger partial charge on any atom is -0.341 e. The van der Waals surface area contributed by atoms with E-state index in [0.717, 1.165) is 37.8 Å². The molecule has 3 aromatic rings. The fourth-order valence-electron chi connectivity index (χ4n) is 3.81. The maximum Gasteiger partial charge on any atom is 0.416 e. The van der Waals surface area contributed by atoms with E-state index in [1.54, 1.807) is 4.90 Å². The van der Waals surface area contributed by atoms with Crippen molar-refractivity contribution in [1.82, 2.24) is 24.2 Å². The molecular formula is C21H22F3N5O2. The quantitative estimate of drug-likeness (QED) is 0.635. The number of carbonyl (C=O) groups is 1. The second-order valence-electron chi connectivity index (χ2n) is 7.67. The first-order valence-electron chi connectivity index (χ1n) is 10.2. The molecule has 1 aromatic carbocycles. The highest BCUT2D eigenvalue weighted by Gasteiger charge is 2.30. The monoisotopic (exact) mass is 433 g/mol. The molecule has 2 aromatic heterocycles. The molecule has 1 aliphatic heterocycles. The van der Waals surface area contributed by atoms with E-state index in [4.69, 9.17) is 0 Å². The van der Waals surface area contributed by atoms with Gasteiger partial charge in [-0.1, -0.05) is 25.3 Å². The van der Waals surface area contributed by atoms with Gasteiger partial charge in [0.2, 0.25) is 5.91 Å². The fourth-order valence-corrected chi connectivity index (χ4v) is 3.81. The molecule has 164 valence electrons. The van der Waals surface area contributed by atoms with Gasteiger partial charge in [0.05, 0.1) is 17.4 Å². The van der Waals surface area contributed by atoms with Crippen LogP contribution in [0.2, 0.25) is 0 Å². The second kappa shape index (κ2) is 8.52. The van der Waals surface area contributed by atoms with Crippen LogP contribution in [-0.4, -0.2) is 43.2 Å². The molecule has 31 heavy (non-hydrogen) atoms. The SMILES string of the molecule is O=C(Cn1cnc2c(cnn2-c2cccc(C(F)(F)F)c2)c1=O)N1CCCCCCC1. The van der Waals surface area contributed by atoms with Crippen LogP contribution in [0, 0.1) is 0 Å². The van der Waals surface area contributed by atoms with Crippen LogP contribution in [0.25, 0.3) is 16.7 Å². The molecule has 4 rings (SSSR count). The summed E-state index contributed by atoms with van der Waals surface area (Å²) in [5.74, 6) is -0.143. The van der Waals surface area contributed by atoms with Crippen molar-refractivity contribution in [2.24, 2.45) is 0 Å². The van der Waals surface area contributed by atoms with Gasteiger partial charge in [0.1, 0.15) is 18.3 Å². The average molecular weight is 433 g/mol. The summed E-state index contributed by atoms with van der Waals surface area (Å²) in [5, 5.41) is 4.20.